The van der Waals surface area contributed by atoms with Crippen LogP contribution < -0.4 is 20.3 Å². The zero-order chi connectivity index (χ0) is 21.1. The topological polar surface area (TPSA) is 61.4 Å². The van der Waals surface area contributed by atoms with Crippen LogP contribution in [0, 0.1) is 0 Å². The summed E-state index contributed by atoms with van der Waals surface area (Å²) in [7, 11) is 5.91. The summed E-state index contributed by atoms with van der Waals surface area (Å²) in [6.07, 6.45) is 2.19. The molecule has 0 amide bonds. The van der Waals surface area contributed by atoms with Gasteiger partial charge in [0.15, 0.2) is 5.96 Å². The Hall–Kier alpha value is -1.26. The van der Waals surface area contributed by atoms with Gasteiger partial charge in [-0.15, -0.1) is 24.0 Å². The smallest absolute Gasteiger partial charge is 0.191 e. The lowest BCUT2D eigenvalue weighted by Gasteiger charge is -2.22. The molecular weight excluding hydrogens is 493 g/mol. The van der Waals surface area contributed by atoms with Crippen LogP contribution in [-0.4, -0.2) is 83.5 Å². The number of guanidine groups is 1. The molecule has 0 bridgehead atoms. The Labute approximate surface area is 199 Å². The normalized spacial score (nSPS) is 17.6. The molecule has 1 fully saturated rings. The highest BCUT2D eigenvalue weighted by atomic mass is 127. The number of benzene rings is 1. The largest absolute Gasteiger partial charge is 0.495 e. The molecule has 1 saturated heterocycles. The van der Waals surface area contributed by atoms with Gasteiger partial charge in [-0.05, 0) is 52.9 Å². The first kappa shape index (κ1) is 26.8. The molecule has 0 spiro atoms. The van der Waals surface area contributed by atoms with Crippen LogP contribution in [0.25, 0.3) is 0 Å². The Bertz CT molecular complexity index is 629. The van der Waals surface area contributed by atoms with Crippen LogP contribution in [0.1, 0.15) is 26.7 Å². The van der Waals surface area contributed by atoms with E-state index in [1.807, 2.05) is 19.1 Å². The molecule has 2 rings (SSSR count). The van der Waals surface area contributed by atoms with E-state index in [4.69, 9.17) is 14.5 Å². The molecule has 1 heterocycles. The number of nitrogens with zero attached hydrogens (tertiary/aromatic N) is 3. The van der Waals surface area contributed by atoms with Gasteiger partial charge in [0.1, 0.15) is 5.75 Å². The number of nitrogens with one attached hydrogen (secondary N) is 2. The van der Waals surface area contributed by atoms with Gasteiger partial charge in [-0.1, -0.05) is 12.1 Å². The summed E-state index contributed by atoms with van der Waals surface area (Å²) in [5, 5.41) is 6.99. The van der Waals surface area contributed by atoms with E-state index in [-0.39, 0.29) is 30.1 Å². The Morgan fingerprint density at radius 3 is 2.73 bits per heavy atom. The van der Waals surface area contributed by atoms with E-state index in [1.54, 1.807) is 7.11 Å². The van der Waals surface area contributed by atoms with Crippen molar-refractivity contribution in [1.82, 2.24) is 15.5 Å². The quantitative estimate of drug-likeness (QED) is 0.259. The first-order valence-electron chi connectivity index (χ1n) is 10.8. The summed E-state index contributed by atoms with van der Waals surface area (Å²) in [6, 6.07) is 8.56. The van der Waals surface area contributed by atoms with Crippen LogP contribution in [-0.2, 0) is 4.74 Å². The van der Waals surface area contributed by atoms with Gasteiger partial charge < -0.3 is 29.9 Å². The molecule has 2 N–H and O–H groups in total. The van der Waals surface area contributed by atoms with Crippen molar-refractivity contribution in [2.75, 3.05) is 65.4 Å². The lowest BCUT2D eigenvalue weighted by molar-refractivity contribution is 0.0582. The molecule has 2 atom stereocenters. The number of hydrogen-bond donors (Lipinski definition) is 2. The molecule has 172 valence electrons. The third-order valence-corrected chi connectivity index (χ3v) is 5.05. The van der Waals surface area contributed by atoms with E-state index in [1.165, 1.54) is 0 Å². The van der Waals surface area contributed by atoms with Crippen molar-refractivity contribution in [3.05, 3.63) is 24.3 Å². The van der Waals surface area contributed by atoms with Crippen molar-refractivity contribution in [3.63, 3.8) is 0 Å². The number of rotatable bonds is 11. The minimum absolute atomic E-state index is 0. The maximum Gasteiger partial charge on any atom is 0.191 e. The van der Waals surface area contributed by atoms with Crippen molar-refractivity contribution < 1.29 is 9.47 Å². The van der Waals surface area contributed by atoms with Crippen molar-refractivity contribution in [3.8, 4) is 5.75 Å². The lowest BCUT2D eigenvalue weighted by Crippen LogP contribution is -2.45. The molecule has 1 aliphatic heterocycles. The highest BCUT2D eigenvalue weighted by molar-refractivity contribution is 14.0. The maximum atomic E-state index is 5.88. The van der Waals surface area contributed by atoms with Gasteiger partial charge >= 0.3 is 0 Å². The average molecular weight is 533 g/mol. The fourth-order valence-corrected chi connectivity index (χ4v) is 3.56. The molecular formula is C22H40IN5O2. The molecule has 0 aromatic heterocycles. The Balaban J connectivity index is 0.00000450. The Kier molecular flexibility index (Phi) is 13.1. The van der Waals surface area contributed by atoms with Crippen molar-refractivity contribution in [1.29, 1.82) is 0 Å². The zero-order valence-electron chi connectivity index (χ0n) is 19.2. The van der Waals surface area contributed by atoms with Crippen LogP contribution in [0.2, 0.25) is 0 Å². The number of halogens is 1. The van der Waals surface area contributed by atoms with E-state index in [2.05, 4.69) is 53.6 Å². The summed E-state index contributed by atoms with van der Waals surface area (Å²) in [5.74, 6) is 1.79. The van der Waals surface area contributed by atoms with Gasteiger partial charge in [0.2, 0.25) is 0 Å². The molecule has 0 saturated carbocycles. The molecule has 2 unspecified atom stereocenters. The standard InChI is InChI=1S/C22H39N5O2.HI/c1-6-23-22(24-16-19(29-7-2)13-14-26(3)4)25-18-12-15-27(17-18)20-10-8-9-11-21(20)28-5;/h8-11,18-19H,6-7,12-17H2,1-5H3,(H2,23,24,25);1H. The summed E-state index contributed by atoms with van der Waals surface area (Å²) in [4.78, 5) is 9.37. The van der Waals surface area contributed by atoms with Gasteiger partial charge in [0.05, 0.1) is 25.4 Å². The maximum absolute atomic E-state index is 5.88. The van der Waals surface area contributed by atoms with Gasteiger partial charge in [-0.2, -0.15) is 0 Å². The number of aliphatic imine (C=N–C) groups is 1. The number of hydrogen-bond acceptors (Lipinski definition) is 5. The molecule has 1 aromatic rings. The van der Waals surface area contributed by atoms with Crippen molar-refractivity contribution in [2.45, 2.75) is 38.8 Å². The summed E-state index contributed by atoms with van der Waals surface area (Å²) in [5.41, 5.74) is 1.15. The van der Waals surface area contributed by atoms with Crippen LogP contribution in [0.3, 0.4) is 0 Å². The highest BCUT2D eigenvalue weighted by Crippen LogP contribution is 2.30. The summed E-state index contributed by atoms with van der Waals surface area (Å²) < 4.78 is 11.4. The predicted octanol–water partition coefficient (Wildman–Crippen LogP) is 2.80. The second kappa shape index (κ2) is 14.7. The second-order valence-electron chi connectivity index (χ2n) is 7.64. The third kappa shape index (κ3) is 8.85. The molecule has 30 heavy (non-hydrogen) atoms. The highest BCUT2D eigenvalue weighted by Gasteiger charge is 2.25. The van der Waals surface area contributed by atoms with Gasteiger partial charge in [0.25, 0.3) is 0 Å². The zero-order valence-corrected chi connectivity index (χ0v) is 21.5. The third-order valence-electron chi connectivity index (χ3n) is 5.05. The minimum Gasteiger partial charge on any atom is -0.495 e. The predicted molar refractivity (Wildman–Crippen MR) is 137 cm³/mol. The van der Waals surface area contributed by atoms with E-state index in [0.29, 0.717) is 19.2 Å². The van der Waals surface area contributed by atoms with Crippen LogP contribution in [0.15, 0.2) is 29.3 Å². The van der Waals surface area contributed by atoms with E-state index in [0.717, 1.165) is 56.4 Å². The first-order valence-corrected chi connectivity index (χ1v) is 10.8. The van der Waals surface area contributed by atoms with Crippen LogP contribution in [0.4, 0.5) is 5.69 Å². The minimum atomic E-state index is 0. The number of ether oxygens (including phenoxy) is 2. The fraction of sp³-hybridized carbons (Fsp3) is 0.682. The van der Waals surface area contributed by atoms with E-state index in [9.17, 15) is 0 Å². The van der Waals surface area contributed by atoms with Gasteiger partial charge in [-0.3, -0.25) is 4.99 Å². The first-order chi connectivity index (χ1) is 14.1. The average Bonchev–Trinajstić information content (AvgIpc) is 3.18. The molecule has 0 aliphatic carbocycles. The number of anilines is 1. The molecule has 7 nitrogen and oxygen atoms in total. The molecule has 1 aliphatic rings. The second-order valence-corrected chi connectivity index (χ2v) is 7.64. The summed E-state index contributed by atoms with van der Waals surface area (Å²) in [6.45, 7) is 9.29. The fourth-order valence-electron chi connectivity index (χ4n) is 3.56. The van der Waals surface area contributed by atoms with Crippen molar-refractivity contribution >= 4 is 35.6 Å². The van der Waals surface area contributed by atoms with Gasteiger partial charge in [-0.25, -0.2) is 0 Å². The molecule has 1 aromatic carbocycles. The van der Waals surface area contributed by atoms with Crippen LogP contribution in [0.5, 0.6) is 5.75 Å². The van der Waals surface area contributed by atoms with Crippen molar-refractivity contribution in [2.24, 2.45) is 4.99 Å². The number of methoxy groups -OCH3 is 1. The Morgan fingerprint density at radius 1 is 1.30 bits per heavy atom. The number of para-hydroxylation sites is 2. The Morgan fingerprint density at radius 2 is 2.07 bits per heavy atom. The monoisotopic (exact) mass is 533 g/mol. The van der Waals surface area contributed by atoms with E-state index >= 15 is 0 Å². The SMILES string of the molecule is CCNC(=NCC(CCN(C)C)OCC)NC1CCN(c2ccccc2OC)C1.I. The molecule has 0 radical (unpaired) electrons. The van der Waals surface area contributed by atoms with Gasteiger partial charge in [0, 0.05) is 38.8 Å². The summed E-state index contributed by atoms with van der Waals surface area (Å²) >= 11 is 0. The van der Waals surface area contributed by atoms with E-state index < -0.39 is 0 Å². The lowest BCUT2D eigenvalue weighted by atomic mass is 10.2. The van der Waals surface area contributed by atoms with Crippen LogP contribution >= 0.6 is 24.0 Å². The molecule has 8 heteroatoms.